The largest absolute Gasteiger partial charge is 0.391 e. The second-order valence-electron chi connectivity index (χ2n) is 4.28. The van der Waals surface area contributed by atoms with Crippen LogP contribution in [0.1, 0.15) is 18.1 Å². The summed E-state index contributed by atoms with van der Waals surface area (Å²) >= 11 is 0. The average Bonchev–Trinajstić information content (AvgIpc) is 2.39. The molecule has 0 aliphatic heterocycles. The number of hydrogen-bond donors (Lipinski definition) is 2. The van der Waals surface area contributed by atoms with E-state index >= 15 is 0 Å². The third-order valence-electron chi connectivity index (χ3n) is 3.16. The molecule has 2 heteroatoms. The summed E-state index contributed by atoms with van der Waals surface area (Å²) in [5.74, 6) is 0. The van der Waals surface area contributed by atoms with Crippen molar-refractivity contribution in [3.05, 3.63) is 71.8 Å². The van der Waals surface area contributed by atoms with Crippen LogP contribution in [0.4, 0.5) is 0 Å². The Hall–Kier alpha value is -1.64. The maximum absolute atomic E-state index is 10.1. The summed E-state index contributed by atoms with van der Waals surface area (Å²) in [5, 5.41) is 10.1. The van der Waals surface area contributed by atoms with Crippen LogP contribution in [-0.4, -0.2) is 11.2 Å². The van der Waals surface area contributed by atoms with E-state index in [-0.39, 0.29) is 0 Å². The molecule has 0 heterocycles. The molecule has 0 radical (unpaired) electrons. The van der Waals surface area contributed by atoms with Crippen LogP contribution in [0.5, 0.6) is 0 Å². The molecule has 0 amide bonds. The van der Waals surface area contributed by atoms with Gasteiger partial charge >= 0.3 is 0 Å². The quantitative estimate of drug-likeness (QED) is 0.845. The van der Waals surface area contributed by atoms with Crippen LogP contribution in [0.2, 0.25) is 0 Å². The first-order valence-electron chi connectivity index (χ1n) is 5.73. The molecule has 0 fully saturated rings. The Labute approximate surface area is 102 Å². The molecule has 3 N–H and O–H groups in total. The van der Waals surface area contributed by atoms with E-state index in [1.807, 2.05) is 60.7 Å². The first kappa shape index (κ1) is 11.8. The van der Waals surface area contributed by atoms with Crippen molar-refractivity contribution in [1.82, 2.24) is 0 Å². The molecule has 0 saturated heterocycles. The molecule has 2 nitrogen and oxygen atoms in total. The number of rotatable bonds is 3. The Kier molecular flexibility index (Phi) is 3.27. The predicted molar refractivity (Wildman–Crippen MR) is 69.5 cm³/mol. The summed E-state index contributed by atoms with van der Waals surface area (Å²) < 4.78 is 0. The highest BCUT2D eigenvalue weighted by Gasteiger charge is 2.34. The fourth-order valence-electron chi connectivity index (χ4n) is 2.08. The van der Waals surface area contributed by atoms with Crippen molar-refractivity contribution in [2.45, 2.75) is 18.6 Å². The molecule has 2 aromatic rings. The monoisotopic (exact) mass is 227 g/mol. The second-order valence-corrected chi connectivity index (χ2v) is 4.28. The van der Waals surface area contributed by atoms with E-state index in [2.05, 4.69) is 0 Å². The third kappa shape index (κ3) is 2.09. The van der Waals surface area contributed by atoms with Crippen LogP contribution in [0.25, 0.3) is 0 Å². The van der Waals surface area contributed by atoms with Gasteiger partial charge in [0.25, 0.3) is 0 Å². The number of aliphatic hydroxyl groups is 1. The van der Waals surface area contributed by atoms with Crippen molar-refractivity contribution in [1.29, 1.82) is 0 Å². The van der Waals surface area contributed by atoms with Gasteiger partial charge in [-0.2, -0.15) is 0 Å². The highest BCUT2D eigenvalue weighted by Crippen LogP contribution is 2.30. The van der Waals surface area contributed by atoms with Crippen LogP contribution in [-0.2, 0) is 5.54 Å². The molecule has 1 unspecified atom stereocenters. The molecular weight excluding hydrogens is 210 g/mol. The first-order chi connectivity index (χ1) is 8.15. The molecule has 2 rings (SSSR count). The van der Waals surface area contributed by atoms with Crippen LogP contribution < -0.4 is 5.73 Å². The van der Waals surface area contributed by atoms with Crippen LogP contribution in [0, 0.1) is 0 Å². The fraction of sp³-hybridized carbons (Fsp3) is 0.200. The minimum atomic E-state index is -0.859. The van der Waals surface area contributed by atoms with Gasteiger partial charge in [0.05, 0.1) is 11.6 Å². The van der Waals surface area contributed by atoms with E-state index in [1.165, 1.54) is 0 Å². The fourth-order valence-corrected chi connectivity index (χ4v) is 2.08. The van der Waals surface area contributed by atoms with Crippen molar-refractivity contribution in [3.63, 3.8) is 0 Å². The molecule has 2 aromatic carbocycles. The Bertz CT molecular complexity index is 425. The Morgan fingerprint density at radius 3 is 1.53 bits per heavy atom. The number of aliphatic hydroxyl groups excluding tert-OH is 1. The summed E-state index contributed by atoms with van der Waals surface area (Å²) in [4.78, 5) is 0. The average molecular weight is 227 g/mol. The zero-order valence-electron chi connectivity index (χ0n) is 9.88. The normalized spacial score (nSPS) is 13.4. The number of nitrogens with two attached hydrogens (primary N) is 1. The maximum atomic E-state index is 10.1. The zero-order valence-corrected chi connectivity index (χ0v) is 9.88. The molecule has 1 atom stereocenters. The van der Waals surface area contributed by atoms with Gasteiger partial charge in [-0.05, 0) is 18.1 Å². The maximum Gasteiger partial charge on any atom is 0.0926 e. The molecular formula is C15H17NO. The lowest BCUT2D eigenvalue weighted by atomic mass is 9.80. The van der Waals surface area contributed by atoms with Gasteiger partial charge in [-0.3, -0.25) is 0 Å². The number of hydrogen-bond acceptors (Lipinski definition) is 2. The SMILES string of the molecule is CC(O)C(N)(c1ccccc1)c1ccccc1. The van der Waals surface area contributed by atoms with Gasteiger partial charge in [-0.1, -0.05) is 60.7 Å². The predicted octanol–water partition coefficient (Wildman–Crippen LogP) is 2.27. The van der Waals surface area contributed by atoms with Gasteiger partial charge in [0.2, 0.25) is 0 Å². The van der Waals surface area contributed by atoms with Crippen molar-refractivity contribution in [3.8, 4) is 0 Å². The third-order valence-corrected chi connectivity index (χ3v) is 3.16. The van der Waals surface area contributed by atoms with Gasteiger partial charge in [0.15, 0.2) is 0 Å². The Balaban J connectivity index is 2.55. The zero-order chi connectivity index (χ0) is 12.3. The summed E-state index contributed by atoms with van der Waals surface area (Å²) in [6.07, 6.45) is -0.660. The van der Waals surface area contributed by atoms with Gasteiger partial charge in [-0.25, -0.2) is 0 Å². The molecule has 0 aromatic heterocycles. The van der Waals surface area contributed by atoms with E-state index in [1.54, 1.807) is 6.92 Å². The topological polar surface area (TPSA) is 46.2 Å². The lowest BCUT2D eigenvalue weighted by Gasteiger charge is -2.33. The van der Waals surface area contributed by atoms with Crippen molar-refractivity contribution in [2.75, 3.05) is 0 Å². The van der Waals surface area contributed by atoms with Gasteiger partial charge in [-0.15, -0.1) is 0 Å². The summed E-state index contributed by atoms with van der Waals surface area (Å²) in [5.41, 5.74) is 7.41. The van der Waals surface area contributed by atoms with Crippen LogP contribution in [0.15, 0.2) is 60.7 Å². The summed E-state index contributed by atoms with van der Waals surface area (Å²) in [6, 6.07) is 19.4. The van der Waals surface area contributed by atoms with E-state index in [0.717, 1.165) is 11.1 Å². The highest BCUT2D eigenvalue weighted by molar-refractivity contribution is 5.39. The minimum Gasteiger partial charge on any atom is -0.391 e. The van der Waals surface area contributed by atoms with Crippen molar-refractivity contribution < 1.29 is 5.11 Å². The van der Waals surface area contributed by atoms with Crippen LogP contribution >= 0.6 is 0 Å². The molecule has 0 saturated carbocycles. The lowest BCUT2D eigenvalue weighted by Crippen LogP contribution is -2.47. The van der Waals surface area contributed by atoms with Crippen molar-refractivity contribution in [2.24, 2.45) is 5.73 Å². The summed E-state index contributed by atoms with van der Waals surface area (Å²) in [7, 11) is 0. The summed E-state index contributed by atoms with van der Waals surface area (Å²) in [6.45, 7) is 1.72. The van der Waals surface area contributed by atoms with Gasteiger partial charge in [0, 0.05) is 0 Å². The molecule has 0 aliphatic carbocycles. The van der Waals surface area contributed by atoms with E-state index in [9.17, 15) is 5.11 Å². The molecule has 0 bridgehead atoms. The Morgan fingerprint density at radius 2 is 1.24 bits per heavy atom. The van der Waals surface area contributed by atoms with E-state index in [4.69, 9.17) is 5.73 Å². The molecule has 0 aliphatic rings. The number of benzene rings is 2. The van der Waals surface area contributed by atoms with E-state index < -0.39 is 11.6 Å². The molecule has 0 spiro atoms. The molecule has 88 valence electrons. The lowest BCUT2D eigenvalue weighted by molar-refractivity contribution is 0.123. The van der Waals surface area contributed by atoms with E-state index in [0.29, 0.717) is 0 Å². The Morgan fingerprint density at radius 1 is 0.882 bits per heavy atom. The highest BCUT2D eigenvalue weighted by atomic mass is 16.3. The van der Waals surface area contributed by atoms with Gasteiger partial charge < -0.3 is 10.8 Å². The van der Waals surface area contributed by atoms with Crippen LogP contribution in [0.3, 0.4) is 0 Å². The van der Waals surface area contributed by atoms with Gasteiger partial charge in [0.1, 0.15) is 0 Å². The second kappa shape index (κ2) is 4.70. The first-order valence-corrected chi connectivity index (χ1v) is 5.73. The van der Waals surface area contributed by atoms with Crippen molar-refractivity contribution >= 4 is 0 Å². The standard InChI is InChI=1S/C15H17NO/c1-12(17)15(16,13-8-4-2-5-9-13)14-10-6-3-7-11-14/h2-12,17H,16H2,1H3. The molecule has 17 heavy (non-hydrogen) atoms. The minimum absolute atomic E-state index is 0.660. The smallest absolute Gasteiger partial charge is 0.0926 e.